The van der Waals surface area contributed by atoms with Gasteiger partial charge in [-0.2, -0.15) is 0 Å². The SMILES string of the molecule is CCCCOc1ccccc1NC(=O)c1cccc(NC2=C(Cl)C(=O)N(c3cc(Cl)ccc3OC)C2=O)c1. The fraction of sp³-hybridized carbons (Fsp3) is 0.179. The van der Waals surface area contributed by atoms with E-state index in [9.17, 15) is 14.4 Å². The summed E-state index contributed by atoms with van der Waals surface area (Å²) in [5.74, 6) is -0.937. The second-order valence-electron chi connectivity index (χ2n) is 8.31. The first kappa shape index (κ1) is 27.0. The highest BCUT2D eigenvalue weighted by Crippen LogP contribution is 2.37. The van der Waals surface area contributed by atoms with E-state index in [2.05, 4.69) is 17.6 Å². The van der Waals surface area contributed by atoms with Crippen LogP contribution >= 0.6 is 23.2 Å². The van der Waals surface area contributed by atoms with Gasteiger partial charge in [-0.3, -0.25) is 14.4 Å². The fourth-order valence-corrected chi connectivity index (χ4v) is 4.15. The largest absolute Gasteiger partial charge is 0.495 e. The van der Waals surface area contributed by atoms with Crippen molar-refractivity contribution in [1.29, 1.82) is 0 Å². The Labute approximate surface area is 230 Å². The van der Waals surface area contributed by atoms with E-state index in [1.165, 1.54) is 13.2 Å². The van der Waals surface area contributed by atoms with E-state index in [1.54, 1.807) is 54.6 Å². The van der Waals surface area contributed by atoms with E-state index in [-0.39, 0.29) is 28.1 Å². The number of nitrogens with one attached hydrogen (secondary N) is 2. The number of nitrogens with zero attached hydrogens (tertiary/aromatic N) is 1. The van der Waals surface area contributed by atoms with Crippen LogP contribution in [0.1, 0.15) is 30.1 Å². The number of ether oxygens (including phenoxy) is 2. The number of methoxy groups -OCH3 is 1. The average molecular weight is 554 g/mol. The van der Waals surface area contributed by atoms with Crippen LogP contribution in [-0.4, -0.2) is 31.4 Å². The minimum Gasteiger partial charge on any atom is -0.495 e. The number of halogens is 2. The zero-order valence-electron chi connectivity index (χ0n) is 20.7. The smallest absolute Gasteiger partial charge is 0.283 e. The quantitative estimate of drug-likeness (QED) is 0.228. The molecule has 0 aliphatic carbocycles. The summed E-state index contributed by atoms with van der Waals surface area (Å²) in [7, 11) is 1.41. The number of carbonyl (C=O) groups is 3. The molecule has 0 bridgehead atoms. The predicted molar refractivity (Wildman–Crippen MR) is 148 cm³/mol. The Bertz CT molecular complexity index is 1420. The third-order valence-electron chi connectivity index (χ3n) is 5.69. The summed E-state index contributed by atoms with van der Waals surface area (Å²) in [5, 5.41) is 5.76. The van der Waals surface area contributed by atoms with E-state index in [0.29, 0.717) is 34.3 Å². The summed E-state index contributed by atoms with van der Waals surface area (Å²) in [5.41, 5.74) is 1.28. The first-order valence-corrected chi connectivity index (χ1v) is 12.6. The van der Waals surface area contributed by atoms with Crippen LogP contribution in [0.15, 0.2) is 77.5 Å². The molecule has 1 heterocycles. The van der Waals surface area contributed by atoms with Gasteiger partial charge in [-0.15, -0.1) is 0 Å². The van der Waals surface area contributed by atoms with Crippen molar-refractivity contribution in [3.8, 4) is 11.5 Å². The van der Waals surface area contributed by atoms with E-state index >= 15 is 0 Å². The number of amides is 3. The van der Waals surface area contributed by atoms with E-state index in [0.717, 1.165) is 17.7 Å². The van der Waals surface area contributed by atoms with Gasteiger partial charge in [0.15, 0.2) is 0 Å². The van der Waals surface area contributed by atoms with Crippen molar-refractivity contribution >= 4 is 58.0 Å². The molecule has 2 N–H and O–H groups in total. The number of carbonyl (C=O) groups excluding carboxylic acids is 3. The Balaban J connectivity index is 1.53. The van der Waals surface area contributed by atoms with Gasteiger partial charge in [0.1, 0.15) is 22.2 Å². The monoisotopic (exact) mass is 553 g/mol. The maximum atomic E-state index is 13.2. The average Bonchev–Trinajstić information content (AvgIpc) is 3.12. The molecule has 3 aromatic carbocycles. The van der Waals surface area contributed by atoms with Crippen molar-refractivity contribution in [1.82, 2.24) is 0 Å². The van der Waals surface area contributed by atoms with Gasteiger partial charge in [0.2, 0.25) is 0 Å². The summed E-state index contributed by atoms with van der Waals surface area (Å²) >= 11 is 12.4. The summed E-state index contributed by atoms with van der Waals surface area (Å²) in [4.78, 5) is 40.0. The van der Waals surface area contributed by atoms with Crippen LogP contribution in [0.5, 0.6) is 11.5 Å². The molecule has 3 aromatic rings. The number of benzene rings is 3. The Hall–Kier alpha value is -4.01. The standard InChI is InChI=1S/C28H25Cl2N3O5/c1-3-4-14-38-22-11-6-5-10-20(22)32-26(34)17-8-7-9-19(15-17)31-25-24(30)27(35)33(28(25)36)21-16-18(29)12-13-23(21)37-2/h5-13,15-16,31H,3-4,14H2,1-2H3,(H,32,34). The number of anilines is 3. The van der Waals surface area contributed by atoms with Crippen molar-refractivity contribution < 1.29 is 23.9 Å². The number of unbranched alkanes of at least 4 members (excludes halogenated alkanes) is 1. The van der Waals surface area contributed by atoms with Crippen LogP contribution in [0, 0.1) is 0 Å². The van der Waals surface area contributed by atoms with Gasteiger partial charge in [0, 0.05) is 16.3 Å². The third-order valence-corrected chi connectivity index (χ3v) is 6.28. The molecule has 0 atom stereocenters. The molecule has 0 saturated carbocycles. The minimum absolute atomic E-state index is 0.133. The molecule has 10 heteroatoms. The number of para-hydroxylation sites is 2. The van der Waals surface area contributed by atoms with Gasteiger partial charge in [0.05, 0.1) is 25.1 Å². The minimum atomic E-state index is -0.728. The Morgan fingerprint density at radius 3 is 2.50 bits per heavy atom. The highest BCUT2D eigenvalue weighted by atomic mass is 35.5. The lowest BCUT2D eigenvalue weighted by atomic mass is 10.1. The molecule has 0 saturated heterocycles. The van der Waals surface area contributed by atoms with Crippen LogP contribution in [0.3, 0.4) is 0 Å². The lowest BCUT2D eigenvalue weighted by Gasteiger charge is -2.18. The fourth-order valence-electron chi connectivity index (χ4n) is 3.77. The van der Waals surface area contributed by atoms with Crippen LogP contribution in [0.25, 0.3) is 0 Å². The number of imide groups is 1. The molecular formula is C28H25Cl2N3O5. The van der Waals surface area contributed by atoms with Crippen molar-refractivity contribution in [2.45, 2.75) is 19.8 Å². The molecule has 0 fully saturated rings. The Morgan fingerprint density at radius 1 is 0.947 bits per heavy atom. The van der Waals surface area contributed by atoms with Crippen LogP contribution in [0.4, 0.5) is 17.1 Å². The molecule has 0 unspecified atom stereocenters. The van der Waals surface area contributed by atoms with Crippen LogP contribution in [-0.2, 0) is 9.59 Å². The Kier molecular flexibility index (Phi) is 8.55. The molecule has 0 aromatic heterocycles. The molecule has 38 heavy (non-hydrogen) atoms. The van der Waals surface area contributed by atoms with E-state index in [4.69, 9.17) is 32.7 Å². The predicted octanol–water partition coefficient (Wildman–Crippen LogP) is 6.22. The van der Waals surface area contributed by atoms with Crippen LogP contribution in [0.2, 0.25) is 5.02 Å². The van der Waals surface area contributed by atoms with Crippen molar-refractivity contribution in [2.75, 3.05) is 29.3 Å². The number of hydrogen-bond acceptors (Lipinski definition) is 6. The summed E-state index contributed by atoms with van der Waals surface area (Å²) in [6.07, 6.45) is 1.89. The molecular weight excluding hydrogens is 529 g/mol. The number of rotatable bonds is 10. The second kappa shape index (κ2) is 12.0. The zero-order valence-corrected chi connectivity index (χ0v) is 22.2. The molecule has 1 aliphatic rings. The van der Waals surface area contributed by atoms with Crippen molar-refractivity contribution in [3.63, 3.8) is 0 Å². The molecule has 3 amide bonds. The summed E-state index contributed by atoms with van der Waals surface area (Å²) in [6.45, 7) is 2.62. The second-order valence-corrected chi connectivity index (χ2v) is 9.12. The van der Waals surface area contributed by atoms with Crippen molar-refractivity contribution in [3.05, 3.63) is 88.0 Å². The lowest BCUT2D eigenvalue weighted by molar-refractivity contribution is -0.120. The van der Waals surface area contributed by atoms with Gasteiger partial charge in [-0.1, -0.05) is 54.7 Å². The molecule has 0 radical (unpaired) electrons. The van der Waals surface area contributed by atoms with Gasteiger partial charge < -0.3 is 20.1 Å². The highest BCUT2D eigenvalue weighted by Gasteiger charge is 2.40. The maximum absolute atomic E-state index is 13.2. The zero-order chi connectivity index (χ0) is 27.2. The molecule has 4 rings (SSSR count). The van der Waals surface area contributed by atoms with Gasteiger partial charge >= 0.3 is 0 Å². The molecule has 8 nitrogen and oxygen atoms in total. The molecule has 1 aliphatic heterocycles. The lowest BCUT2D eigenvalue weighted by Crippen LogP contribution is -2.32. The summed E-state index contributed by atoms with van der Waals surface area (Å²) in [6, 6.07) is 18.2. The van der Waals surface area contributed by atoms with E-state index < -0.39 is 11.8 Å². The summed E-state index contributed by atoms with van der Waals surface area (Å²) < 4.78 is 11.1. The van der Waals surface area contributed by atoms with E-state index in [1.807, 2.05) is 6.07 Å². The maximum Gasteiger partial charge on any atom is 0.283 e. The molecule has 0 spiro atoms. The first-order valence-electron chi connectivity index (χ1n) is 11.9. The van der Waals surface area contributed by atoms with Crippen LogP contribution < -0.4 is 25.0 Å². The first-order chi connectivity index (χ1) is 18.3. The highest BCUT2D eigenvalue weighted by molar-refractivity contribution is 6.53. The third kappa shape index (κ3) is 5.77. The van der Waals surface area contributed by atoms with Crippen molar-refractivity contribution in [2.24, 2.45) is 0 Å². The number of hydrogen-bond donors (Lipinski definition) is 2. The molecule has 196 valence electrons. The topological polar surface area (TPSA) is 97.0 Å². The normalized spacial score (nSPS) is 13.1. The Morgan fingerprint density at radius 2 is 1.74 bits per heavy atom. The van der Waals surface area contributed by atoms with Gasteiger partial charge in [-0.05, 0) is 55.0 Å². The van der Waals surface area contributed by atoms with Gasteiger partial charge in [-0.25, -0.2) is 4.90 Å². The van der Waals surface area contributed by atoms with Gasteiger partial charge in [0.25, 0.3) is 17.7 Å².